The van der Waals surface area contributed by atoms with E-state index in [9.17, 15) is 40.3 Å². The van der Waals surface area contributed by atoms with Crippen molar-refractivity contribution in [2.45, 2.75) is 70.1 Å². The number of carbonyl (C=O) groups is 2. The second-order valence-electron chi connectivity index (χ2n) is 13.3. The largest absolute Gasteiger partial charge is 0.451 e. The molecule has 0 spiro atoms. The lowest BCUT2D eigenvalue weighted by Crippen LogP contribution is -2.46. The monoisotopic (exact) mass is 729 g/mol. The van der Waals surface area contributed by atoms with E-state index in [0.29, 0.717) is 17.5 Å². The summed E-state index contributed by atoms with van der Waals surface area (Å²) in [5.74, 6) is -3.75. The third kappa shape index (κ3) is 6.97. The van der Waals surface area contributed by atoms with Gasteiger partial charge in [-0.25, -0.2) is 9.38 Å². The van der Waals surface area contributed by atoms with Crippen LogP contribution >= 0.6 is 0 Å². The van der Waals surface area contributed by atoms with Gasteiger partial charge in [-0.2, -0.15) is 26.3 Å². The van der Waals surface area contributed by atoms with Crippen LogP contribution in [0.2, 0.25) is 0 Å². The normalized spacial score (nSPS) is 18.5. The van der Waals surface area contributed by atoms with Gasteiger partial charge in [0, 0.05) is 13.1 Å². The van der Waals surface area contributed by atoms with Gasteiger partial charge in [-0.05, 0) is 66.1 Å². The molecule has 52 heavy (non-hydrogen) atoms. The first-order valence-electron chi connectivity index (χ1n) is 16.5. The molecule has 0 saturated heterocycles. The Labute approximate surface area is 293 Å². The summed E-state index contributed by atoms with van der Waals surface area (Å²) in [5.41, 5.74) is 4.15. The minimum absolute atomic E-state index is 0.0541. The van der Waals surface area contributed by atoms with Crippen LogP contribution in [-0.2, 0) is 42.2 Å². The Morgan fingerprint density at radius 2 is 1.62 bits per heavy atom. The van der Waals surface area contributed by atoms with E-state index < -0.39 is 71.6 Å². The molecular formula is C36H34F7N7O2. The number of nitrogens with zero attached hydrogens (tertiary/aromatic N) is 6. The van der Waals surface area contributed by atoms with Gasteiger partial charge < -0.3 is 15.2 Å². The Bertz CT molecular complexity index is 1990. The molecule has 2 aliphatic heterocycles. The topological polar surface area (TPSA) is 110 Å². The van der Waals surface area contributed by atoms with E-state index in [1.165, 1.54) is 35.2 Å². The number of rotatable bonds is 9. The summed E-state index contributed by atoms with van der Waals surface area (Å²) in [5, 5.41) is 6.72. The van der Waals surface area contributed by atoms with Crippen LogP contribution in [0.4, 0.5) is 30.7 Å². The lowest BCUT2D eigenvalue weighted by Gasteiger charge is -2.33. The highest BCUT2D eigenvalue weighted by atomic mass is 19.4. The van der Waals surface area contributed by atoms with Crippen LogP contribution in [-0.4, -0.2) is 48.9 Å². The molecule has 0 bridgehead atoms. The van der Waals surface area contributed by atoms with Gasteiger partial charge in [0.25, 0.3) is 11.8 Å². The molecule has 2 atom stereocenters. The van der Waals surface area contributed by atoms with Gasteiger partial charge in [-0.15, -0.1) is 10.2 Å². The van der Waals surface area contributed by atoms with Crippen LogP contribution in [0.25, 0.3) is 0 Å². The Kier molecular flexibility index (Phi) is 9.61. The van der Waals surface area contributed by atoms with Crippen molar-refractivity contribution >= 4 is 17.8 Å². The number of hydrogen-bond donors (Lipinski definition) is 1. The fourth-order valence-electron chi connectivity index (χ4n) is 6.72. The molecule has 0 aliphatic carbocycles. The average Bonchev–Trinajstić information content (AvgIpc) is 3.64. The number of aromatic nitrogens is 3. The number of fused-ring (bicyclic) bond motifs is 1. The Hall–Kier alpha value is -5.28. The highest BCUT2D eigenvalue weighted by Gasteiger charge is 2.51. The quantitative estimate of drug-likeness (QED) is 0.189. The third-order valence-corrected chi connectivity index (χ3v) is 9.37. The van der Waals surface area contributed by atoms with Crippen molar-refractivity contribution in [3.8, 4) is 0 Å². The van der Waals surface area contributed by atoms with Crippen LogP contribution in [0.1, 0.15) is 77.0 Å². The zero-order valence-corrected chi connectivity index (χ0v) is 28.0. The molecule has 9 nitrogen and oxygen atoms in total. The lowest BCUT2D eigenvalue weighted by atomic mass is 9.83. The highest BCUT2D eigenvalue weighted by molar-refractivity contribution is 6.07. The van der Waals surface area contributed by atoms with Crippen LogP contribution in [0, 0.1) is 11.7 Å². The molecule has 2 aliphatic rings. The molecule has 2 amide bonds. The smallest absolute Gasteiger partial charge is 0.369 e. The molecular weight excluding hydrogens is 695 g/mol. The van der Waals surface area contributed by atoms with Gasteiger partial charge in [0.2, 0.25) is 5.82 Å². The number of aliphatic imine (C=N–C) groups is 1. The van der Waals surface area contributed by atoms with Crippen LogP contribution in [0.15, 0.2) is 77.8 Å². The molecule has 0 saturated carbocycles. The van der Waals surface area contributed by atoms with Crippen molar-refractivity contribution < 1.29 is 40.3 Å². The molecule has 1 aromatic heterocycles. The van der Waals surface area contributed by atoms with E-state index in [1.54, 1.807) is 30.3 Å². The minimum atomic E-state index is -4.99. The Balaban J connectivity index is 1.43. The molecule has 0 radical (unpaired) electrons. The number of benzene rings is 3. The molecule has 16 heteroatoms. The predicted molar refractivity (Wildman–Crippen MR) is 175 cm³/mol. The number of hydrogen-bond acceptors (Lipinski definition) is 6. The number of guanidine groups is 1. The van der Waals surface area contributed by atoms with Gasteiger partial charge in [-0.3, -0.25) is 14.5 Å². The fourth-order valence-corrected chi connectivity index (χ4v) is 6.72. The van der Waals surface area contributed by atoms with Crippen molar-refractivity contribution in [2.75, 3.05) is 6.54 Å². The zero-order chi connectivity index (χ0) is 37.6. The molecule has 1 unspecified atom stereocenters. The molecule has 6 rings (SSSR count). The second kappa shape index (κ2) is 13.7. The maximum absolute atomic E-state index is 14.7. The number of halogens is 7. The minimum Gasteiger partial charge on any atom is -0.369 e. The van der Waals surface area contributed by atoms with Gasteiger partial charge in [0.1, 0.15) is 5.82 Å². The predicted octanol–water partition coefficient (Wildman–Crippen LogP) is 6.88. The van der Waals surface area contributed by atoms with Crippen molar-refractivity contribution in [1.29, 1.82) is 0 Å². The maximum Gasteiger partial charge on any atom is 0.451 e. The van der Waals surface area contributed by atoms with E-state index in [1.807, 2.05) is 13.8 Å². The standard InChI is InChI=1S/C36H34F7N7O2/c1-21(2)14-15-34(24-9-11-25(37)12-10-24)32(52)50(33(44)45-34)28(18-22-6-4-3-5-7-22)23-8-13-27(35(38,39)40)26(19-23)30(51)48-16-17-49-29(20-48)46-47-31(49)36(41,42)43/h3-13,19,21,28H,14-18,20H2,1-2H3,(H2,44,45)/t28?,34-/m1/s1. The summed E-state index contributed by atoms with van der Waals surface area (Å²) in [4.78, 5) is 35.5. The number of carbonyl (C=O) groups excluding carboxylic acids is 2. The van der Waals surface area contributed by atoms with Gasteiger partial charge >= 0.3 is 12.4 Å². The van der Waals surface area contributed by atoms with Crippen LogP contribution < -0.4 is 5.73 Å². The summed E-state index contributed by atoms with van der Waals surface area (Å²) in [6.45, 7) is 2.67. The highest BCUT2D eigenvalue weighted by Crippen LogP contribution is 2.43. The van der Waals surface area contributed by atoms with Gasteiger partial charge in [0.05, 0.1) is 23.7 Å². The van der Waals surface area contributed by atoms with E-state index in [0.717, 1.165) is 21.6 Å². The average molecular weight is 730 g/mol. The summed E-state index contributed by atoms with van der Waals surface area (Å²) >= 11 is 0. The molecule has 3 aromatic carbocycles. The molecule has 3 heterocycles. The first-order chi connectivity index (χ1) is 24.5. The third-order valence-electron chi connectivity index (χ3n) is 9.37. The van der Waals surface area contributed by atoms with Gasteiger partial charge in [0.15, 0.2) is 17.3 Å². The lowest BCUT2D eigenvalue weighted by molar-refractivity contribution is -0.148. The number of amides is 2. The molecule has 0 fully saturated rings. The molecule has 4 aromatic rings. The zero-order valence-electron chi connectivity index (χ0n) is 28.0. The number of nitrogens with two attached hydrogens (primary N) is 1. The van der Waals surface area contributed by atoms with E-state index in [2.05, 4.69) is 15.2 Å². The summed E-state index contributed by atoms with van der Waals surface area (Å²) in [6.07, 6.45) is -9.01. The first-order valence-corrected chi connectivity index (χ1v) is 16.5. The van der Waals surface area contributed by atoms with E-state index >= 15 is 0 Å². The van der Waals surface area contributed by atoms with Crippen molar-refractivity contribution in [3.63, 3.8) is 0 Å². The summed E-state index contributed by atoms with van der Waals surface area (Å²) < 4.78 is 98.5. The van der Waals surface area contributed by atoms with E-state index in [-0.39, 0.29) is 42.7 Å². The van der Waals surface area contributed by atoms with Crippen LogP contribution in [0.3, 0.4) is 0 Å². The SMILES string of the molecule is CC(C)CC[C@]1(c2ccc(F)cc2)N=C(N)N(C(Cc2ccccc2)c2ccc(C(F)(F)F)c(C(=O)N3CCn4c(nnc4C(F)(F)F)C3)c2)C1=O. The molecule has 2 N–H and O–H groups in total. The fraction of sp³-hybridized carbons (Fsp3) is 0.361. The summed E-state index contributed by atoms with van der Waals surface area (Å²) in [7, 11) is 0. The van der Waals surface area contributed by atoms with E-state index in [4.69, 9.17) is 5.73 Å². The maximum atomic E-state index is 14.7. The second-order valence-corrected chi connectivity index (χ2v) is 13.3. The molecule has 274 valence electrons. The first kappa shape index (κ1) is 36.5. The summed E-state index contributed by atoms with van der Waals surface area (Å²) in [6, 6.07) is 16.0. The number of alkyl halides is 6. The van der Waals surface area contributed by atoms with Crippen molar-refractivity contribution in [1.82, 2.24) is 24.6 Å². The van der Waals surface area contributed by atoms with Gasteiger partial charge in [-0.1, -0.05) is 62.4 Å². The van der Waals surface area contributed by atoms with Crippen LogP contribution in [0.5, 0.6) is 0 Å². The van der Waals surface area contributed by atoms with Crippen molar-refractivity contribution in [3.05, 3.63) is 118 Å². The Morgan fingerprint density at radius 3 is 2.25 bits per heavy atom. The van der Waals surface area contributed by atoms with Crippen molar-refractivity contribution in [2.24, 2.45) is 16.6 Å². The Morgan fingerprint density at radius 1 is 0.923 bits per heavy atom.